The van der Waals surface area contributed by atoms with E-state index in [-0.39, 0.29) is 6.10 Å². The van der Waals surface area contributed by atoms with Gasteiger partial charge in [0.25, 0.3) is 0 Å². The average Bonchev–Trinajstić information content (AvgIpc) is 2.97. The Kier molecular flexibility index (Phi) is 3.04. The first-order chi connectivity index (χ1) is 9.84. The second kappa shape index (κ2) is 4.90. The zero-order valence-electron chi connectivity index (χ0n) is 11.4. The van der Waals surface area contributed by atoms with Gasteiger partial charge in [-0.25, -0.2) is 0 Å². The van der Waals surface area contributed by atoms with Crippen LogP contribution in [0.2, 0.25) is 0 Å². The van der Waals surface area contributed by atoms with E-state index in [2.05, 4.69) is 17.5 Å². The molecule has 1 aromatic heterocycles. The maximum absolute atomic E-state index is 6.47. The summed E-state index contributed by atoms with van der Waals surface area (Å²) in [7, 11) is 0. The van der Waals surface area contributed by atoms with Crippen LogP contribution >= 0.6 is 11.3 Å². The third kappa shape index (κ3) is 1.88. The minimum absolute atomic E-state index is 0.0248. The van der Waals surface area contributed by atoms with Gasteiger partial charge in [-0.3, -0.25) is 0 Å². The van der Waals surface area contributed by atoms with Gasteiger partial charge in [0, 0.05) is 22.0 Å². The zero-order chi connectivity index (χ0) is 13.5. The summed E-state index contributed by atoms with van der Waals surface area (Å²) in [4.78, 5) is 1.54. The van der Waals surface area contributed by atoms with Gasteiger partial charge >= 0.3 is 0 Å². The van der Waals surface area contributed by atoms with Gasteiger partial charge in [-0.2, -0.15) is 0 Å². The van der Waals surface area contributed by atoms with Crippen molar-refractivity contribution in [3.05, 3.63) is 51.7 Å². The molecule has 0 unspecified atom stereocenters. The summed E-state index contributed by atoms with van der Waals surface area (Å²) in [5.74, 6) is 0.611. The lowest BCUT2D eigenvalue weighted by Gasteiger charge is -2.39. The molecule has 0 saturated heterocycles. The molecule has 2 heterocycles. The van der Waals surface area contributed by atoms with Gasteiger partial charge in [-0.1, -0.05) is 31.0 Å². The number of rotatable bonds is 1. The Morgan fingerprint density at radius 3 is 2.80 bits per heavy atom. The number of nitrogens with two attached hydrogens (primary N) is 1. The van der Waals surface area contributed by atoms with Crippen molar-refractivity contribution in [3.8, 4) is 0 Å². The van der Waals surface area contributed by atoms with Gasteiger partial charge in [0.05, 0.1) is 6.10 Å². The van der Waals surface area contributed by atoms with Crippen LogP contribution in [0.5, 0.6) is 0 Å². The number of thiophene rings is 1. The van der Waals surface area contributed by atoms with Gasteiger partial charge in [0.1, 0.15) is 6.10 Å². The maximum atomic E-state index is 6.47. The van der Waals surface area contributed by atoms with Crippen molar-refractivity contribution < 1.29 is 4.74 Å². The van der Waals surface area contributed by atoms with E-state index in [9.17, 15) is 0 Å². The largest absolute Gasteiger partial charge is 0.398 e. The third-order valence-electron chi connectivity index (χ3n) is 4.64. The topological polar surface area (TPSA) is 35.2 Å². The smallest absolute Gasteiger partial charge is 0.111 e. The molecule has 0 spiro atoms. The minimum atomic E-state index is 0.0248. The van der Waals surface area contributed by atoms with Crippen molar-refractivity contribution in [1.29, 1.82) is 0 Å². The molecule has 3 atom stereocenters. The van der Waals surface area contributed by atoms with Crippen molar-refractivity contribution in [2.75, 3.05) is 5.73 Å². The van der Waals surface area contributed by atoms with Crippen LogP contribution in [0.25, 0.3) is 0 Å². The predicted molar refractivity (Wildman–Crippen MR) is 83.1 cm³/mol. The monoisotopic (exact) mass is 285 g/mol. The molecule has 1 saturated carbocycles. The first kappa shape index (κ1) is 12.4. The molecule has 1 aliphatic carbocycles. The summed E-state index contributed by atoms with van der Waals surface area (Å²) < 4.78 is 6.47. The Balaban J connectivity index is 1.80. The van der Waals surface area contributed by atoms with E-state index in [0.29, 0.717) is 12.0 Å². The summed E-state index contributed by atoms with van der Waals surface area (Å²) in [6.45, 7) is 0. The Bertz CT molecular complexity index is 621. The van der Waals surface area contributed by atoms with Crippen molar-refractivity contribution in [2.45, 2.75) is 43.8 Å². The highest BCUT2D eigenvalue weighted by Crippen LogP contribution is 2.49. The molecule has 2 aliphatic rings. The lowest BCUT2D eigenvalue weighted by Crippen LogP contribution is -2.32. The second-order valence-corrected chi connectivity index (χ2v) is 6.76. The number of ether oxygens (including phenoxy) is 1. The number of para-hydroxylation sites is 1. The molecule has 1 aliphatic heterocycles. The Hall–Kier alpha value is -1.32. The van der Waals surface area contributed by atoms with E-state index in [0.717, 1.165) is 11.3 Å². The highest BCUT2D eigenvalue weighted by Gasteiger charge is 2.38. The second-order valence-electron chi connectivity index (χ2n) is 5.81. The van der Waals surface area contributed by atoms with E-state index < -0.39 is 0 Å². The summed E-state index contributed by atoms with van der Waals surface area (Å²) in [5, 5.41) is 2.21. The number of nitrogen functional groups attached to an aromatic ring is 1. The van der Waals surface area contributed by atoms with E-state index >= 15 is 0 Å². The molecule has 3 heteroatoms. The SMILES string of the molecule is Nc1ccccc1[C@H]1O[C@H]2CCCC[C@@H]2c2sccc21. The Morgan fingerprint density at radius 2 is 1.90 bits per heavy atom. The van der Waals surface area contributed by atoms with Crippen LogP contribution < -0.4 is 5.73 Å². The molecule has 2 N–H and O–H groups in total. The number of benzene rings is 1. The van der Waals surface area contributed by atoms with Crippen molar-refractivity contribution >= 4 is 17.0 Å². The predicted octanol–water partition coefficient (Wildman–Crippen LogP) is 4.48. The van der Waals surface area contributed by atoms with Gasteiger partial charge < -0.3 is 10.5 Å². The maximum Gasteiger partial charge on any atom is 0.111 e. The minimum Gasteiger partial charge on any atom is -0.398 e. The van der Waals surface area contributed by atoms with Crippen LogP contribution in [0.4, 0.5) is 5.69 Å². The fourth-order valence-electron chi connectivity index (χ4n) is 3.65. The molecule has 1 aromatic carbocycles. The Morgan fingerprint density at radius 1 is 1.05 bits per heavy atom. The van der Waals surface area contributed by atoms with Crippen molar-refractivity contribution in [2.24, 2.45) is 0 Å². The molecule has 0 amide bonds. The standard InChI is InChI=1S/C17H19NOS/c18-14-7-3-1-5-11(14)16-13-9-10-20-17(13)12-6-2-4-8-15(12)19-16/h1,3,5,7,9-10,12,15-16H,2,4,6,8,18H2/t12-,15-,16+/m0/s1. The van der Waals surface area contributed by atoms with Gasteiger partial charge in [-0.15, -0.1) is 11.3 Å². The lowest BCUT2D eigenvalue weighted by atomic mass is 9.80. The van der Waals surface area contributed by atoms with Crippen LogP contribution in [-0.2, 0) is 4.74 Å². The summed E-state index contributed by atoms with van der Waals surface area (Å²) in [6, 6.07) is 10.3. The normalized spacial score (nSPS) is 28.7. The summed E-state index contributed by atoms with van der Waals surface area (Å²) >= 11 is 1.89. The molecule has 4 rings (SSSR count). The molecular weight excluding hydrogens is 266 g/mol. The number of anilines is 1. The van der Waals surface area contributed by atoms with Crippen LogP contribution in [0.15, 0.2) is 35.7 Å². The van der Waals surface area contributed by atoms with Crippen molar-refractivity contribution in [1.82, 2.24) is 0 Å². The van der Waals surface area contributed by atoms with Crippen molar-refractivity contribution in [3.63, 3.8) is 0 Å². The first-order valence-electron chi connectivity index (χ1n) is 7.42. The van der Waals surface area contributed by atoms with E-state index in [1.54, 1.807) is 0 Å². The zero-order valence-corrected chi connectivity index (χ0v) is 12.2. The van der Waals surface area contributed by atoms with E-state index in [1.165, 1.54) is 36.1 Å². The highest BCUT2D eigenvalue weighted by atomic mass is 32.1. The Labute approximate surface area is 123 Å². The van der Waals surface area contributed by atoms with Crippen LogP contribution in [0.1, 0.15) is 53.7 Å². The first-order valence-corrected chi connectivity index (χ1v) is 8.29. The van der Waals surface area contributed by atoms with Crippen LogP contribution in [0.3, 0.4) is 0 Å². The fourth-order valence-corrected chi connectivity index (χ4v) is 4.76. The average molecular weight is 285 g/mol. The summed E-state index contributed by atoms with van der Waals surface area (Å²) in [6.07, 6.45) is 5.48. The van der Waals surface area contributed by atoms with Crippen LogP contribution in [0, 0.1) is 0 Å². The molecule has 20 heavy (non-hydrogen) atoms. The molecule has 1 fully saturated rings. The fraction of sp³-hybridized carbons (Fsp3) is 0.412. The van der Waals surface area contributed by atoms with Gasteiger partial charge in [0.2, 0.25) is 0 Å². The molecule has 0 radical (unpaired) electrons. The van der Waals surface area contributed by atoms with E-state index in [1.807, 2.05) is 29.5 Å². The lowest BCUT2D eigenvalue weighted by molar-refractivity contribution is -0.0371. The van der Waals surface area contributed by atoms with E-state index in [4.69, 9.17) is 10.5 Å². The number of hydrogen-bond donors (Lipinski definition) is 1. The quantitative estimate of drug-likeness (QED) is 0.784. The molecule has 0 bridgehead atoms. The number of fused-ring (bicyclic) bond motifs is 3. The van der Waals surface area contributed by atoms with Gasteiger partial charge in [0.15, 0.2) is 0 Å². The molecule has 2 nitrogen and oxygen atoms in total. The molecular formula is C17H19NOS. The third-order valence-corrected chi connectivity index (χ3v) is 5.70. The highest BCUT2D eigenvalue weighted by molar-refractivity contribution is 7.10. The number of hydrogen-bond acceptors (Lipinski definition) is 3. The van der Waals surface area contributed by atoms with Gasteiger partial charge in [-0.05, 0) is 35.9 Å². The molecule has 2 aromatic rings. The molecule has 104 valence electrons. The summed E-state index contributed by atoms with van der Waals surface area (Å²) in [5.41, 5.74) is 9.47. The van der Waals surface area contributed by atoms with Crippen LogP contribution in [-0.4, -0.2) is 6.10 Å².